The minimum Gasteiger partial charge on any atom is -0.357 e. The molecule has 1 unspecified atom stereocenters. The minimum absolute atomic E-state index is 0. The lowest BCUT2D eigenvalue weighted by Crippen LogP contribution is -2.40. The van der Waals surface area contributed by atoms with Crippen LogP contribution in [0.2, 0.25) is 0 Å². The average molecular weight is 522 g/mol. The number of guanidine groups is 1. The van der Waals surface area contributed by atoms with Gasteiger partial charge < -0.3 is 10.2 Å². The topological polar surface area (TPSA) is 87.8 Å². The number of halogens is 1. The van der Waals surface area contributed by atoms with Crippen molar-refractivity contribution in [3.8, 4) is 0 Å². The van der Waals surface area contributed by atoms with Crippen molar-refractivity contribution in [1.29, 1.82) is 0 Å². The second kappa shape index (κ2) is 12.0. The predicted octanol–water partition coefficient (Wildman–Crippen LogP) is 3.22. The molecule has 0 aliphatic carbocycles. The summed E-state index contributed by atoms with van der Waals surface area (Å²) in [6.07, 6.45) is 4.50. The van der Waals surface area contributed by atoms with Crippen LogP contribution < -0.4 is 10.5 Å². The number of benzene rings is 1. The number of nitrogens with one attached hydrogen (secondary N) is 1. The zero-order valence-corrected chi connectivity index (χ0v) is 20.4. The third kappa shape index (κ3) is 7.18. The van der Waals surface area contributed by atoms with E-state index in [1.165, 1.54) is 19.3 Å². The maximum Gasteiger partial charge on any atom is 0.238 e. The van der Waals surface area contributed by atoms with Crippen molar-refractivity contribution < 1.29 is 8.42 Å². The van der Waals surface area contributed by atoms with E-state index < -0.39 is 10.0 Å². The van der Waals surface area contributed by atoms with Crippen LogP contribution in [0.15, 0.2) is 34.2 Å². The summed E-state index contributed by atoms with van der Waals surface area (Å²) in [6, 6.07) is 6.73. The summed E-state index contributed by atoms with van der Waals surface area (Å²) < 4.78 is 22.7. The Morgan fingerprint density at radius 2 is 1.89 bits per heavy atom. The molecule has 28 heavy (non-hydrogen) atoms. The maximum atomic E-state index is 11.3. The molecule has 1 atom stereocenters. The van der Waals surface area contributed by atoms with Gasteiger partial charge in [-0.05, 0) is 49.3 Å². The largest absolute Gasteiger partial charge is 0.357 e. The summed E-state index contributed by atoms with van der Waals surface area (Å²) in [5, 5.41) is 8.55. The molecule has 1 aromatic rings. The smallest absolute Gasteiger partial charge is 0.238 e. The quantitative estimate of drug-likeness (QED) is 0.312. The Morgan fingerprint density at radius 3 is 2.43 bits per heavy atom. The van der Waals surface area contributed by atoms with Crippen molar-refractivity contribution in [2.24, 2.45) is 22.0 Å². The first-order valence-electron chi connectivity index (χ1n) is 10.0. The molecule has 3 N–H and O–H groups in total. The molecule has 1 aliphatic heterocycles. The molecule has 160 valence electrons. The van der Waals surface area contributed by atoms with Crippen LogP contribution in [0.5, 0.6) is 0 Å². The van der Waals surface area contributed by atoms with Crippen molar-refractivity contribution in [2.75, 3.05) is 26.2 Å². The first-order chi connectivity index (χ1) is 12.9. The van der Waals surface area contributed by atoms with Crippen LogP contribution in [-0.2, 0) is 16.4 Å². The van der Waals surface area contributed by atoms with E-state index >= 15 is 0 Å². The van der Waals surface area contributed by atoms with Gasteiger partial charge >= 0.3 is 0 Å². The number of aliphatic imine (C=N–C) groups is 1. The lowest BCUT2D eigenvalue weighted by atomic mass is 9.87. The third-order valence-corrected chi connectivity index (χ3v) is 6.42. The lowest BCUT2D eigenvalue weighted by Gasteiger charge is -2.24. The van der Waals surface area contributed by atoms with E-state index in [2.05, 4.69) is 31.0 Å². The standard InChI is InChI=1S/C20H34N4O2S.HI/c1-4-17(5-2)18-12-14-24(15-18)20(22-6-3)23-13-11-16-7-9-19(10-8-16)27(21,25)26;/h7-10,17-18H,4-6,11-15H2,1-3H3,(H,22,23)(H2,21,25,26);1H. The highest BCUT2D eigenvalue weighted by atomic mass is 127. The third-order valence-electron chi connectivity index (χ3n) is 5.49. The van der Waals surface area contributed by atoms with Crippen LogP contribution >= 0.6 is 24.0 Å². The van der Waals surface area contributed by atoms with Crippen LogP contribution in [0, 0.1) is 11.8 Å². The van der Waals surface area contributed by atoms with E-state index in [-0.39, 0.29) is 28.9 Å². The summed E-state index contributed by atoms with van der Waals surface area (Å²) in [5.41, 5.74) is 1.05. The molecule has 1 saturated heterocycles. The fourth-order valence-electron chi connectivity index (χ4n) is 3.88. The van der Waals surface area contributed by atoms with Crippen molar-refractivity contribution in [3.05, 3.63) is 29.8 Å². The highest BCUT2D eigenvalue weighted by Gasteiger charge is 2.29. The number of nitrogens with two attached hydrogens (primary N) is 1. The number of rotatable bonds is 8. The monoisotopic (exact) mass is 522 g/mol. The Kier molecular flexibility index (Phi) is 10.8. The molecule has 0 amide bonds. The second-order valence-electron chi connectivity index (χ2n) is 7.25. The molecule has 1 fully saturated rings. The summed E-state index contributed by atoms with van der Waals surface area (Å²) in [5.74, 6) is 2.55. The van der Waals surface area contributed by atoms with Gasteiger partial charge in [-0.2, -0.15) is 0 Å². The second-order valence-corrected chi connectivity index (χ2v) is 8.81. The van der Waals surface area contributed by atoms with E-state index in [1.54, 1.807) is 24.3 Å². The van der Waals surface area contributed by atoms with Gasteiger partial charge in [0.15, 0.2) is 5.96 Å². The van der Waals surface area contributed by atoms with Gasteiger partial charge in [-0.3, -0.25) is 4.99 Å². The Bertz CT molecular complexity index is 718. The van der Waals surface area contributed by atoms with Gasteiger partial charge in [-0.25, -0.2) is 13.6 Å². The molecular formula is C20H35IN4O2S. The number of sulfonamides is 1. The lowest BCUT2D eigenvalue weighted by molar-refractivity contribution is 0.319. The van der Waals surface area contributed by atoms with E-state index in [4.69, 9.17) is 10.1 Å². The van der Waals surface area contributed by atoms with E-state index in [9.17, 15) is 8.42 Å². The summed E-state index contributed by atoms with van der Waals surface area (Å²) >= 11 is 0. The van der Waals surface area contributed by atoms with Crippen molar-refractivity contribution in [3.63, 3.8) is 0 Å². The van der Waals surface area contributed by atoms with Crippen molar-refractivity contribution in [2.45, 2.75) is 51.3 Å². The zero-order valence-electron chi connectivity index (χ0n) is 17.2. The summed E-state index contributed by atoms with van der Waals surface area (Å²) in [7, 11) is -3.63. The molecule has 0 saturated carbocycles. The normalized spacial score (nSPS) is 17.7. The van der Waals surface area contributed by atoms with Crippen LogP contribution in [-0.4, -0.2) is 45.5 Å². The SMILES string of the molecule is CCNC(=NCCc1ccc(S(N)(=O)=O)cc1)N1CCC(C(CC)CC)C1.I. The average Bonchev–Trinajstić information content (AvgIpc) is 3.11. The van der Waals surface area contributed by atoms with Crippen LogP contribution in [0.3, 0.4) is 0 Å². The minimum atomic E-state index is -3.63. The molecule has 0 spiro atoms. The van der Waals surface area contributed by atoms with Gasteiger partial charge in [0.2, 0.25) is 10.0 Å². The molecule has 0 radical (unpaired) electrons. The fraction of sp³-hybridized carbons (Fsp3) is 0.650. The number of hydrogen-bond donors (Lipinski definition) is 2. The van der Waals surface area contributed by atoms with E-state index in [0.717, 1.165) is 49.4 Å². The molecule has 0 bridgehead atoms. The molecule has 8 heteroatoms. The Morgan fingerprint density at radius 1 is 1.25 bits per heavy atom. The number of nitrogens with zero attached hydrogens (tertiary/aromatic N) is 2. The highest BCUT2D eigenvalue weighted by Crippen LogP contribution is 2.28. The maximum absolute atomic E-state index is 11.3. The van der Waals surface area contributed by atoms with E-state index in [0.29, 0.717) is 6.54 Å². The molecule has 1 aromatic carbocycles. The van der Waals surface area contributed by atoms with Crippen LogP contribution in [0.25, 0.3) is 0 Å². The van der Waals surface area contributed by atoms with Gasteiger partial charge in [0.1, 0.15) is 0 Å². The molecule has 6 nitrogen and oxygen atoms in total. The number of likely N-dealkylation sites (tertiary alicyclic amines) is 1. The number of hydrogen-bond acceptors (Lipinski definition) is 3. The molecule has 2 rings (SSSR count). The predicted molar refractivity (Wildman–Crippen MR) is 127 cm³/mol. The Balaban J connectivity index is 0.00000392. The van der Waals surface area contributed by atoms with Gasteiger partial charge in [-0.1, -0.05) is 38.8 Å². The Labute approximate surface area is 187 Å². The van der Waals surface area contributed by atoms with Gasteiger partial charge in [0.05, 0.1) is 4.90 Å². The first kappa shape index (κ1) is 25.2. The first-order valence-corrected chi connectivity index (χ1v) is 11.6. The molecule has 0 aromatic heterocycles. The van der Waals surface area contributed by atoms with Crippen molar-refractivity contribution >= 4 is 40.0 Å². The van der Waals surface area contributed by atoms with Crippen LogP contribution in [0.4, 0.5) is 0 Å². The number of primary sulfonamides is 1. The molecule has 1 heterocycles. The summed E-state index contributed by atoms with van der Waals surface area (Å²) in [4.78, 5) is 7.33. The Hall–Kier alpha value is -0.870. The molecule has 1 aliphatic rings. The van der Waals surface area contributed by atoms with Crippen molar-refractivity contribution in [1.82, 2.24) is 10.2 Å². The van der Waals surface area contributed by atoms with Crippen LogP contribution in [0.1, 0.15) is 45.6 Å². The van der Waals surface area contributed by atoms with Gasteiger partial charge in [0, 0.05) is 26.2 Å². The summed E-state index contributed by atoms with van der Waals surface area (Å²) in [6.45, 7) is 10.3. The van der Waals surface area contributed by atoms with Gasteiger partial charge in [-0.15, -0.1) is 24.0 Å². The zero-order chi connectivity index (χ0) is 19.9. The fourth-order valence-corrected chi connectivity index (χ4v) is 4.40. The van der Waals surface area contributed by atoms with E-state index in [1.807, 2.05) is 0 Å². The highest BCUT2D eigenvalue weighted by molar-refractivity contribution is 14.0. The van der Waals surface area contributed by atoms with Gasteiger partial charge in [0.25, 0.3) is 0 Å². The molecular weight excluding hydrogens is 487 g/mol.